The van der Waals surface area contributed by atoms with Gasteiger partial charge in [-0.2, -0.15) is 13.2 Å². The summed E-state index contributed by atoms with van der Waals surface area (Å²) in [5, 5.41) is 19.3. The van der Waals surface area contributed by atoms with Crippen LogP contribution in [0.25, 0.3) is 0 Å². The van der Waals surface area contributed by atoms with Gasteiger partial charge in [-0.3, -0.25) is 4.98 Å². The molecule has 1 saturated heterocycles. The fourth-order valence-electron chi connectivity index (χ4n) is 3.49. The number of pyridine rings is 1. The molecule has 0 radical (unpaired) electrons. The van der Waals surface area contributed by atoms with Crippen LogP contribution in [0.1, 0.15) is 25.0 Å². The van der Waals surface area contributed by atoms with Gasteiger partial charge in [0.1, 0.15) is 0 Å². The number of carbonyl (C=O) groups is 3. The number of alkyl halides is 3. The molecule has 1 aliphatic carbocycles. The Kier molecular flexibility index (Phi) is 8.60. The van der Waals surface area contributed by atoms with Crippen LogP contribution in [-0.4, -0.2) is 76.1 Å². The number of aliphatic carboxylic acids is 2. The number of rotatable bonds is 4. The zero-order valence-electron chi connectivity index (χ0n) is 16.5. The number of hydrogen-bond acceptors (Lipinski definition) is 5. The van der Waals surface area contributed by atoms with Gasteiger partial charge >= 0.3 is 24.1 Å². The zero-order chi connectivity index (χ0) is 23.0. The van der Waals surface area contributed by atoms with Crippen molar-refractivity contribution in [2.24, 2.45) is 5.92 Å². The molecule has 172 valence electrons. The van der Waals surface area contributed by atoms with Crippen LogP contribution in [0.3, 0.4) is 0 Å². The third-order valence-corrected chi connectivity index (χ3v) is 5.04. The average Bonchev–Trinajstić information content (AvgIpc) is 3.15. The molecular formula is C19H24F3N3O6. The predicted octanol–water partition coefficient (Wildman–Crippen LogP) is 1.92. The van der Waals surface area contributed by atoms with Gasteiger partial charge < -0.3 is 25.2 Å². The molecule has 1 aliphatic heterocycles. The van der Waals surface area contributed by atoms with Crippen LogP contribution in [0, 0.1) is 5.92 Å². The molecule has 2 amide bonds. The second-order valence-corrected chi connectivity index (χ2v) is 7.22. The standard InChI is InChI=1S/C17H23N3O4.C2HF3O2/c21-16(22)15-11-20(8-9-24-15)17(23)19-14-6-3-4-12(14)10-13-5-1-2-7-18-13;3-2(4,5)1(6)7/h1-2,5,7,12,14-15H,3-4,6,8-11H2,(H,19,23)(H,21,22);(H,6,7). The highest BCUT2D eigenvalue weighted by molar-refractivity contribution is 5.77. The second-order valence-electron chi connectivity index (χ2n) is 7.22. The fraction of sp³-hybridized carbons (Fsp3) is 0.579. The van der Waals surface area contributed by atoms with E-state index in [0.29, 0.717) is 12.5 Å². The molecule has 3 N–H and O–H groups in total. The zero-order valence-corrected chi connectivity index (χ0v) is 16.5. The second kappa shape index (κ2) is 10.9. The van der Waals surface area contributed by atoms with Crippen molar-refractivity contribution in [3.05, 3.63) is 30.1 Å². The third-order valence-electron chi connectivity index (χ3n) is 5.04. The summed E-state index contributed by atoms with van der Waals surface area (Å²) in [5.74, 6) is -3.41. The third kappa shape index (κ3) is 7.70. The minimum atomic E-state index is -5.08. The lowest BCUT2D eigenvalue weighted by molar-refractivity contribution is -0.192. The van der Waals surface area contributed by atoms with Crippen molar-refractivity contribution in [1.82, 2.24) is 15.2 Å². The van der Waals surface area contributed by atoms with Crippen molar-refractivity contribution in [3.8, 4) is 0 Å². The van der Waals surface area contributed by atoms with E-state index in [4.69, 9.17) is 19.7 Å². The molecule has 3 rings (SSSR count). The smallest absolute Gasteiger partial charge is 0.479 e. The number of urea groups is 1. The van der Waals surface area contributed by atoms with Crippen LogP contribution in [0.15, 0.2) is 24.4 Å². The largest absolute Gasteiger partial charge is 0.490 e. The first-order chi connectivity index (χ1) is 14.6. The molecule has 31 heavy (non-hydrogen) atoms. The number of ether oxygens (including phenoxy) is 1. The first-order valence-electron chi connectivity index (χ1n) is 9.67. The summed E-state index contributed by atoms with van der Waals surface area (Å²) in [4.78, 5) is 38.3. The molecule has 12 heteroatoms. The van der Waals surface area contributed by atoms with Crippen LogP contribution in [0.5, 0.6) is 0 Å². The SMILES string of the molecule is O=C(O)C(F)(F)F.O=C(O)C1CN(C(=O)NC2CCCC2Cc2ccccn2)CCO1. The minimum Gasteiger partial charge on any atom is -0.479 e. The molecule has 0 spiro atoms. The summed E-state index contributed by atoms with van der Waals surface area (Å²) in [5.41, 5.74) is 1.04. The fourth-order valence-corrected chi connectivity index (χ4v) is 3.49. The first kappa shape index (κ1) is 24.4. The molecule has 3 unspecified atom stereocenters. The van der Waals surface area contributed by atoms with Crippen molar-refractivity contribution in [2.75, 3.05) is 19.7 Å². The Morgan fingerprint density at radius 2 is 1.94 bits per heavy atom. The Morgan fingerprint density at radius 3 is 2.52 bits per heavy atom. The number of morpholine rings is 1. The summed E-state index contributed by atoms with van der Waals surface area (Å²) in [6.45, 7) is 0.776. The topological polar surface area (TPSA) is 129 Å². The first-order valence-corrected chi connectivity index (χ1v) is 9.67. The van der Waals surface area contributed by atoms with Crippen molar-refractivity contribution < 1.29 is 42.5 Å². The quantitative estimate of drug-likeness (QED) is 0.643. The van der Waals surface area contributed by atoms with E-state index in [1.807, 2.05) is 18.2 Å². The van der Waals surface area contributed by atoms with Gasteiger partial charge in [0.2, 0.25) is 0 Å². The minimum absolute atomic E-state index is 0.0960. The number of nitrogens with one attached hydrogen (secondary N) is 1. The summed E-state index contributed by atoms with van der Waals surface area (Å²) < 4.78 is 36.9. The molecule has 9 nitrogen and oxygen atoms in total. The number of hydrogen-bond donors (Lipinski definition) is 3. The lowest BCUT2D eigenvalue weighted by atomic mass is 9.97. The number of amides is 2. The number of carbonyl (C=O) groups excluding carboxylic acids is 1. The highest BCUT2D eigenvalue weighted by Gasteiger charge is 2.38. The summed E-state index contributed by atoms with van der Waals surface area (Å²) in [6.07, 6.45) is -0.260. The van der Waals surface area contributed by atoms with E-state index >= 15 is 0 Å². The van der Waals surface area contributed by atoms with E-state index in [1.54, 1.807) is 11.1 Å². The van der Waals surface area contributed by atoms with Crippen LogP contribution >= 0.6 is 0 Å². The lowest BCUT2D eigenvalue weighted by Gasteiger charge is -2.32. The maximum Gasteiger partial charge on any atom is 0.490 e. The van der Waals surface area contributed by atoms with Crippen molar-refractivity contribution in [3.63, 3.8) is 0 Å². The highest BCUT2D eigenvalue weighted by atomic mass is 19.4. The predicted molar refractivity (Wildman–Crippen MR) is 100 cm³/mol. The Balaban J connectivity index is 0.000000423. The van der Waals surface area contributed by atoms with Crippen molar-refractivity contribution in [2.45, 2.75) is 44.0 Å². The lowest BCUT2D eigenvalue weighted by Crippen LogP contribution is -2.54. The van der Waals surface area contributed by atoms with Gasteiger partial charge in [0.15, 0.2) is 6.10 Å². The average molecular weight is 447 g/mol. The molecule has 2 aliphatic rings. The Bertz CT molecular complexity index is 762. The Labute approximate surface area is 176 Å². The maximum absolute atomic E-state index is 12.5. The van der Waals surface area contributed by atoms with Gasteiger partial charge in [0.05, 0.1) is 13.2 Å². The molecule has 3 atom stereocenters. The van der Waals surface area contributed by atoms with E-state index in [-0.39, 0.29) is 25.2 Å². The number of halogens is 3. The van der Waals surface area contributed by atoms with E-state index in [9.17, 15) is 22.8 Å². The van der Waals surface area contributed by atoms with Gasteiger partial charge in [-0.25, -0.2) is 14.4 Å². The monoisotopic (exact) mass is 447 g/mol. The van der Waals surface area contributed by atoms with Crippen LogP contribution in [0.4, 0.5) is 18.0 Å². The Hall–Kier alpha value is -2.89. The number of carboxylic acids is 2. The molecule has 2 heterocycles. The molecule has 1 aromatic heterocycles. The van der Waals surface area contributed by atoms with Gasteiger partial charge in [-0.15, -0.1) is 0 Å². The van der Waals surface area contributed by atoms with Crippen molar-refractivity contribution >= 4 is 18.0 Å². The van der Waals surface area contributed by atoms with E-state index in [0.717, 1.165) is 31.4 Å². The summed E-state index contributed by atoms with van der Waals surface area (Å²) in [6, 6.07) is 5.81. The van der Waals surface area contributed by atoms with Gasteiger partial charge in [-0.1, -0.05) is 12.5 Å². The van der Waals surface area contributed by atoms with Gasteiger partial charge in [-0.05, 0) is 37.3 Å². The van der Waals surface area contributed by atoms with Crippen LogP contribution in [-0.2, 0) is 20.7 Å². The maximum atomic E-state index is 12.5. The van der Waals surface area contributed by atoms with E-state index in [2.05, 4.69) is 10.3 Å². The summed E-state index contributed by atoms with van der Waals surface area (Å²) in [7, 11) is 0. The molecule has 1 aromatic rings. The van der Waals surface area contributed by atoms with E-state index < -0.39 is 24.2 Å². The Morgan fingerprint density at radius 1 is 1.23 bits per heavy atom. The normalized spacial score (nSPS) is 23.5. The number of aromatic nitrogens is 1. The molecule has 0 aromatic carbocycles. The molecule has 1 saturated carbocycles. The van der Waals surface area contributed by atoms with Gasteiger partial charge in [0, 0.05) is 24.5 Å². The van der Waals surface area contributed by atoms with Crippen LogP contribution < -0.4 is 5.32 Å². The number of carboxylic acid groups (broad SMARTS) is 2. The van der Waals surface area contributed by atoms with Gasteiger partial charge in [0.25, 0.3) is 0 Å². The summed E-state index contributed by atoms with van der Waals surface area (Å²) >= 11 is 0. The van der Waals surface area contributed by atoms with Crippen molar-refractivity contribution in [1.29, 1.82) is 0 Å². The number of nitrogens with zero attached hydrogens (tertiary/aromatic N) is 2. The molecule has 2 fully saturated rings. The molecular weight excluding hydrogens is 423 g/mol. The van der Waals surface area contributed by atoms with Crippen LogP contribution in [0.2, 0.25) is 0 Å². The van der Waals surface area contributed by atoms with E-state index in [1.165, 1.54) is 0 Å². The molecule has 0 bridgehead atoms. The highest BCUT2D eigenvalue weighted by Crippen LogP contribution is 2.28.